The molecular formula is C13H20N2O2S. The van der Waals surface area contributed by atoms with Gasteiger partial charge in [-0.3, -0.25) is 0 Å². The predicted octanol–water partition coefficient (Wildman–Crippen LogP) is 1.85. The maximum Gasteiger partial charge on any atom is 0.245 e. The fourth-order valence-corrected chi connectivity index (χ4v) is 4.39. The highest BCUT2D eigenvalue weighted by molar-refractivity contribution is 7.89. The quantitative estimate of drug-likeness (QED) is 0.833. The SMILES string of the molecule is Cc1cccc(N)c1S(=O)(=O)N1CC(C)C(C)C1. The second-order valence-electron chi connectivity index (χ2n) is 5.27. The average molecular weight is 268 g/mol. The summed E-state index contributed by atoms with van der Waals surface area (Å²) < 4.78 is 26.8. The Labute approximate surface area is 109 Å². The zero-order valence-corrected chi connectivity index (χ0v) is 11.9. The second kappa shape index (κ2) is 4.55. The van der Waals surface area contributed by atoms with Crippen LogP contribution in [0.2, 0.25) is 0 Å². The largest absolute Gasteiger partial charge is 0.398 e. The number of hydrogen-bond acceptors (Lipinski definition) is 3. The Bertz CT molecular complexity index is 524. The number of aryl methyl sites for hydroxylation is 1. The second-order valence-corrected chi connectivity index (χ2v) is 7.14. The van der Waals surface area contributed by atoms with Crippen LogP contribution in [-0.4, -0.2) is 25.8 Å². The highest BCUT2D eigenvalue weighted by atomic mass is 32.2. The van der Waals surface area contributed by atoms with Crippen LogP contribution in [0.5, 0.6) is 0 Å². The Morgan fingerprint density at radius 2 is 1.78 bits per heavy atom. The van der Waals surface area contributed by atoms with Crippen LogP contribution in [0.1, 0.15) is 19.4 Å². The Morgan fingerprint density at radius 3 is 2.28 bits per heavy atom. The van der Waals surface area contributed by atoms with Crippen molar-refractivity contribution >= 4 is 15.7 Å². The van der Waals surface area contributed by atoms with Crippen LogP contribution in [-0.2, 0) is 10.0 Å². The first-order chi connectivity index (χ1) is 8.34. The molecule has 1 aliphatic rings. The van der Waals surface area contributed by atoms with E-state index in [1.165, 1.54) is 0 Å². The number of sulfonamides is 1. The zero-order valence-electron chi connectivity index (χ0n) is 11.1. The molecule has 0 amide bonds. The van der Waals surface area contributed by atoms with Crippen molar-refractivity contribution in [2.75, 3.05) is 18.8 Å². The molecule has 1 aliphatic heterocycles. The lowest BCUT2D eigenvalue weighted by atomic mass is 10.0. The molecule has 100 valence electrons. The highest BCUT2D eigenvalue weighted by Gasteiger charge is 2.36. The van der Waals surface area contributed by atoms with Gasteiger partial charge >= 0.3 is 0 Å². The van der Waals surface area contributed by atoms with E-state index in [1.54, 1.807) is 29.4 Å². The van der Waals surface area contributed by atoms with Gasteiger partial charge in [-0.25, -0.2) is 8.42 Å². The minimum atomic E-state index is -3.46. The van der Waals surface area contributed by atoms with E-state index in [4.69, 9.17) is 5.73 Å². The van der Waals surface area contributed by atoms with Crippen LogP contribution in [0.4, 0.5) is 5.69 Å². The summed E-state index contributed by atoms with van der Waals surface area (Å²) in [7, 11) is -3.46. The Kier molecular flexibility index (Phi) is 3.38. The summed E-state index contributed by atoms with van der Waals surface area (Å²) in [5.41, 5.74) is 6.88. The van der Waals surface area contributed by atoms with Crippen molar-refractivity contribution in [3.63, 3.8) is 0 Å². The molecule has 4 nitrogen and oxygen atoms in total. The van der Waals surface area contributed by atoms with Crippen molar-refractivity contribution in [1.29, 1.82) is 0 Å². The topological polar surface area (TPSA) is 63.4 Å². The van der Waals surface area contributed by atoms with Gasteiger partial charge in [-0.2, -0.15) is 4.31 Å². The van der Waals surface area contributed by atoms with E-state index in [-0.39, 0.29) is 4.90 Å². The lowest BCUT2D eigenvalue weighted by Gasteiger charge is -2.19. The zero-order chi connectivity index (χ0) is 13.5. The van der Waals surface area contributed by atoms with E-state index >= 15 is 0 Å². The summed E-state index contributed by atoms with van der Waals surface area (Å²) in [6, 6.07) is 5.20. The number of anilines is 1. The number of benzene rings is 1. The van der Waals surface area contributed by atoms with Crippen molar-refractivity contribution in [3.8, 4) is 0 Å². The Balaban J connectivity index is 2.44. The molecule has 1 heterocycles. The van der Waals surface area contributed by atoms with Crippen molar-refractivity contribution in [2.45, 2.75) is 25.7 Å². The van der Waals surface area contributed by atoms with Crippen molar-refractivity contribution in [3.05, 3.63) is 23.8 Å². The van der Waals surface area contributed by atoms with E-state index < -0.39 is 10.0 Å². The molecule has 1 fully saturated rings. The monoisotopic (exact) mass is 268 g/mol. The highest BCUT2D eigenvalue weighted by Crippen LogP contribution is 2.31. The molecule has 0 spiro atoms. The summed E-state index contributed by atoms with van der Waals surface area (Å²) in [6.07, 6.45) is 0. The van der Waals surface area contributed by atoms with Crippen LogP contribution in [0.3, 0.4) is 0 Å². The molecule has 18 heavy (non-hydrogen) atoms. The molecule has 0 saturated carbocycles. The normalized spacial score (nSPS) is 25.5. The first kappa shape index (κ1) is 13.4. The van der Waals surface area contributed by atoms with Gasteiger partial charge in [0.05, 0.1) is 5.69 Å². The third-order valence-electron chi connectivity index (χ3n) is 3.79. The molecule has 0 radical (unpaired) electrons. The smallest absolute Gasteiger partial charge is 0.245 e. The van der Waals surface area contributed by atoms with Gasteiger partial charge in [0.25, 0.3) is 0 Å². The molecule has 0 aliphatic carbocycles. The molecule has 2 unspecified atom stereocenters. The van der Waals surface area contributed by atoms with Crippen molar-refractivity contribution in [2.24, 2.45) is 11.8 Å². The van der Waals surface area contributed by atoms with E-state index in [9.17, 15) is 8.42 Å². The van der Waals surface area contributed by atoms with Crippen molar-refractivity contribution < 1.29 is 8.42 Å². The maximum absolute atomic E-state index is 12.6. The first-order valence-electron chi connectivity index (χ1n) is 6.19. The lowest BCUT2D eigenvalue weighted by Crippen LogP contribution is -2.30. The molecule has 2 atom stereocenters. The average Bonchev–Trinajstić information content (AvgIpc) is 2.59. The van der Waals surface area contributed by atoms with Gasteiger partial charge in [0.1, 0.15) is 4.90 Å². The lowest BCUT2D eigenvalue weighted by molar-refractivity contribution is 0.463. The number of nitrogens with zero attached hydrogens (tertiary/aromatic N) is 1. The van der Waals surface area contributed by atoms with E-state index in [2.05, 4.69) is 13.8 Å². The first-order valence-corrected chi connectivity index (χ1v) is 7.63. The maximum atomic E-state index is 12.6. The van der Waals surface area contributed by atoms with Gasteiger partial charge in [0.2, 0.25) is 10.0 Å². The van der Waals surface area contributed by atoms with E-state index in [0.717, 1.165) is 0 Å². The van der Waals surface area contributed by atoms with Gasteiger partial charge in [0, 0.05) is 13.1 Å². The van der Waals surface area contributed by atoms with Gasteiger partial charge in [-0.15, -0.1) is 0 Å². The van der Waals surface area contributed by atoms with E-state index in [0.29, 0.717) is 36.2 Å². The van der Waals surface area contributed by atoms with Gasteiger partial charge in [-0.05, 0) is 30.4 Å². The summed E-state index contributed by atoms with van der Waals surface area (Å²) in [5, 5.41) is 0. The van der Waals surface area contributed by atoms with Crippen LogP contribution in [0, 0.1) is 18.8 Å². The minimum absolute atomic E-state index is 0.270. The summed E-state index contributed by atoms with van der Waals surface area (Å²) >= 11 is 0. The van der Waals surface area contributed by atoms with Crippen LogP contribution in [0.15, 0.2) is 23.1 Å². The third kappa shape index (κ3) is 2.12. The van der Waals surface area contributed by atoms with Gasteiger partial charge in [0.15, 0.2) is 0 Å². The molecule has 2 N–H and O–H groups in total. The van der Waals surface area contributed by atoms with Crippen molar-refractivity contribution in [1.82, 2.24) is 4.31 Å². The number of nitrogens with two attached hydrogens (primary N) is 1. The predicted molar refractivity (Wildman–Crippen MR) is 72.7 cm³/mol. The summed E-state index contributed by atoms with van der Waals surface area (Å²) in [5.74, 6) is 0.787. The van der Waals surface area contributed by atoms with Gasteiger partial charge in [-0.1, -0.05) is 26.0 Å². The molecule has 5 heteroatoms. The fourth-order valence-electron chi connectivity index (χ4n) is 2.43. The molecule has 0 bridgehead atoms. The Hall–Kier alpha value is -1.07. The molecule has 1 aromatic carbocycles. The molecule has 2 rings (SSSR count). The molecule has 1 aromatic rings. The molecular weight excluding hydrogens is 248 g/mol. The van der Waals surface area contributed by atoms with E-state index in [1.807, 2.05) is 0 Å². The van der Waals surface area contributed by atoms with Crippen LogP contribution in [0.25, 0.3) is 0 Å². The van der Waals surface area contributed by atoms with Crippen LogP contribution >= 0.6 is 0 Å². The summed E-state index contributed by atoms with van der Waals surface area (Å²) in [6.45, 7) is 7.11. The Morgan fingerprint density at radius 1 is 1.22 bits per heavy atom. The standard InChI is InChI=1S/C13H20N2O2S/c1-9-5-4-6-12(14)13(9)18(16,17)15-7-10(2)11(3)8-15/h4-6,10-11H,7-8,14H2,1-3H3. The fraction of sp³-hybridized carbons (Fsp3) is 0.538. The number of hydrogen-bond donors (Lipinski definition) is 1. The van der Waals surface area contributed by atoms with Crippen LogP contribution < -0.4 is 5.73 Å². The third-order valence-corrected chi connectivity index (χ3v) is 5.85. The number of rotatable bonds is 2. The van der Waals surface area contributed by atoms with Gasteiger partial charge < -0.3 is 5.73 Å². The number of nitrogen functional groups attached to an aromatic ring is 1. The summed E-state index contributed by atoms with van der Waals surface area (Å²) in [4.78, 5) is 0.270. The minimum Gasteiger partial charge on any atom is -0.398 e. The molecule has 0 aromatic heterocycles. The molecule has 1 saturated heterocycles.